The lowest BCUT2D eigenvalue weighted by molar-refractivity contribution is -0.385. The smallest absolute Gasteiger partial charge is 0.280 e. The van der Waals surface area contributed by atoms with Crippen LogP contribution in [0.1, 0.15) is 29.7 Å². The van der Waals surface area contributed by atoms with Crippen LogP contribution in [0.5, 0.6) is 17.2 Å². The van der Waals surface area contributed by atoms with Crippen molar-refractivity contribution in [1.29, 1.82) is 0 Å². The monoisotopic (exact) mass is 662 g/mol. The summed E-state index contributed by atoms with van der Waals surface area (Å²) in [4.78, 5) is 44.7. The summed E-state index contributed by atoms with van der Waals surface area (Å²) in [6, 6.07) is 27.4. The van der Waals surface area contributed by atoms with Crippen molar-refractivity contribution in [2.45, 2.75) is 19.6 Å². The van der Waals surface area contributed by atoms with Crippen molar-refractivity contribution in [3.8, 4) is 17.2 Å². The third-order valence-electron chi connectivity index (χ3n) is 7.76. The molecule has 5 aromatic rings. The molecule has 0 saturated carbocycles. The second kappa shape index (κ2) is 13.8. The normalized spacial score (nSPS) is 14.1. The molecule has 0 saturated heterocycles. The van der Waals surface area contributed by atoms with Crippen LogP contribution in [0, 0.1) is 10.1 Å². The summed E-state index contributed by atoms with van der Waals surface area (Å²) in [6.45, 7) is 1.90. The molecule has 0 radical (unpaired) electrons. The number of nitro benzene ring substituents is 1. The number of thiazole rings is 1. The first-order valence-corrected chi connectivity index (χ1v) is 15.6. The minimum Gasteiger partial charge on any atom is -0.497 e. The molecule has 1 atom stereocenters. The third kappa shape index (κ3) is 6.46. The van der Waals surface area contributed by atoms with Crippen LogP contribution in [-0.4, -0.2) is 29.6 Å². The Morgan fingerprint density at radius 2 is 1.67 bits per heavy atom. The van der Waals surface area contributed by atoms with Crippen LogP contribution < -0.4 is 34.4 Å². The molecule has 12 heteroatoms. The number of nitro groups is 1. The molecule has 1 aliphatic heterocycles. The maximum Gasteiger partial charge on any atom is 0.280 e. The number of benzene rings is 4. The average molecular weight is 663 g/mol. The largest absolute Gasteiger partial charge is 0.497 e. The highest BCUT2D eigenvalue weighted by Gasteiger charge is 2.33. The number of methoxy groups -OCH3 is 2. The van der Waals surface area contributed by atoms with Crippen LogP contribution in [0.15, 0.2) is 118 Å². The highest BCUT2D eigenvalue weighted by atomic mass is 32.1. The van der Waals surface area contributed by atoms with E-state index in [9.17, 15) is 19.7 Å². The molecule has 1 aromatic heterocycles. The minimum atomic E-state index is -0.837. The number of aromatic nitrogens is 1. The molecule has 11 nitrogen and oxygen atoms in total. The summed E-state index contributed by atoms with van der Waals surface area (Å²) in [5.41, 5.74) is 2.26. The Hall–Kier alpha value is -6.01. The summed E-state index contributed by atoms with van der Waals surface area (Å²) in [5.74, 6) is 0.654. The second-order valence-electron chi connectivity index (χ2n) is 10.8. The third-order valence-corrected chi connectivity index (χ3v) is 8.75. The number of hydrogen-bond donors (Lipinski definition) is 1. The van der Waals surface area contributed by atoms with E-state index >= 15 is 0 Å². The summed E-state index contributed by atoms with van der Waals surface area (Å²) in [7, 11) is 2.99. The molecule has 4 aromatic carbocycles. The minimum absolute atomic E-state index is 0.146. The Kier molecular flexibility index (Phi) is 9.17. The Balaban J connectivity index is 1.46. The van der Waals surface area contributed by atoms with E-state index in [0.29, 0.717) is 27.5 Å². The summed E-state index contributed by atoms with van der Waals surface area (Å²) < 4.78 is 18.4. The number of para-hydroxylation sites is 1. The van der Waals surface area contributed by atoms with Gasteiger partial charge in [-0.05, 0) is 54.5 Å². The van der Waals surface area contributed by atoms with Gasteiger partial charge < -0.3 is 19.5 Å². The van der Waals surface area contributed by atoms with Gasteiger partial charge in [0.05, 0.1) is 52.6 Å². The molecule has 0 fully saturated rings. The number of anilines is 1. The number of nitrogens with one attached hydrogen (secondary N) is 1. The number of amides is 1. The van der Waals surface area contributed by atoms with Crippen LogP contribution in [0.2, 0.25) is 0 Å². The predicted octanol–water partition coefficient (Wildman–Crippen LogP) is 5.38. The second-order valence-corrected chi connectivity index (χ2v) is 11.8. The molecule has 0 bridgehead atoms. The van der Waals surface area contributed by atoms with Crippen molar-refractivity contribution < 1.29 is 23.9 Å². The predicted molar refractivity (Wildman–Crippen MR) is 182 cm³/mol. The topological polar surface area (TPSA) is 134 Å². The van der Waals surface area contributed by atoms with Crippen molar-refractivity contribution in [3.63, 3.8) is 0 Å². The maximum atomic E-state index is 14.2. The number of rotatable bonds is 10. The highest BCUT2D eigenvalue weighted by molar-refractivity contribution is 7.07. The first-order chi connectivity index (χ1) is 23.3. The standard InChI is InChI=1S/C36H30N4O7S/c1-22-32(34(41)38-26-12-8-5-9-13-26)33(24-14-16-27(45-2)17-15-24)39-35(42)31(48-36(39)37-22)19-25-18-29(46-3)30(20-28(25)40(43)44)47-21-23-10-6-4-7-11-23/h4-20,33H,21H2,1-3H3,(H,38,41)/b31-19+/t33-/m1/s1. The van der Waals surface area contributed by atoms with Crippen LogP contribution in [-0.2, 0) is 11.4 Å². The van der Waals surface area contributed by atoms with Crippen molar-refractivity contribution >= 4 is 34.7 Å². The summed E-state index contributed by atoms with van der Waals surface area (Å²) in [5, 5.41) is 15.2. The van der Waals surface area contributed by atoms with E-state index in [1.165, 1.54) is 29.9 Å². The number of allylic oxidation sites excluding steroid dienone is 1. The lowest BCUT2D eigenvalue weighted by atomic mass is 9.95. The highest BCUT2D eigenvalue weighted by Crippen LogP contribution is 2.36. The number of hydrogen-bond acceptors (Lipinski definition) is 9. The van der Waals surface area contributed by atoms with Gasteiger partial charge in [-0.3, -0.25) is 24.3 Å². The number of carbonyl (C=O) groups is 1. The van der Waals surface area contributed by atoms with Gasteiger partial charge in [-0.15, -0.1) is 0 Å². The van der Waals surface area contributed by atoms with Crippen molar-refractivity contribution in [2.24, 2.45) is 4.99 Å². The Morgan fingerprint density at radius 3 is 2.31 bits per heavy atom. The molecular formula is C36H30N4O7S. The fourth-order valence-corrected chi connectivity index (χ4v) is 6.46. The first-order valence-electron chi connectivity index (χ1n) is 14.8. The van der Waals surface area contributed by atoms with Gasteiger partial charge in [0.2, 0.25) is 0 Å². The van der Waals surface area contributed by atoms with Crippen LogP contribution >= 0.6 is 11.3 Å². The Bertz CT molecular complexity index is 2210. The van der Waals surface area contributed by atoms with Gasteiger partial charge in [0, 0.05) is 5.69 Å². The zero-order valence-electron chi connectivity index (χ0n) is 26.2. The zero-order valence-corrected chi connectivity index (χ0v) is 27.0. The molecule has 1 aliphatic rings. The fourth-order valence-electron chi connectivity index (χ4n) is 5.42. The molecule has 48 heavy (non-hydrogen) atoms. The molecule has 1 N–H and O–H groups in total. The zero-order chi connectivity index (χ0) is 33.8. The fraction of sp³-hybridized carbons (Fsp3) is 0.139. The molecule has 6 rings (SSSR count). The van der Waals surface area contributed by atoms with Crippen LogP contribution in [0.3, 0.4) is 0 Å². The van der Waals surface area contributed by atoms with Crippen molar-refractivity contribution in [1.82, 2.24) is 4.57 Å². The number of fused-ring (bicyclic) bond motifs is 1. The van der Waals surface area contributed by atoms with Gasteiger partial charge in [-0.25, -0.2) is 4.99 Å². The van der Waals surface area contributed by atoms with E-state index < -0.39 is 22.4 Å². The summed E-state index contributed by atoms with van der Waals surface area (Å²) >= 11 is 1.07. The molecule has 1 amide bonds. The quantitative estimate of drug-likeness (QED) is 0.157. The molecule has 0 spiro atoms. The average Bonchev–Trinajstić information content (AvgIpc) is 3.41. The van der Waals surface area contributed by atoms with Gasteiger partial charge >= 0.3 is 0 Å². The van der Waals surface area contributed by atoms with Gasteiger partial charge in [-0.1, -0.05) is 72.0 Å². The van der Waals surface area contributed by atoms with Crippen molar-refractivity contribution in [3.05, 3.63) is 155 Å². The summed E-state index contributed by atoms with van der Waals surface area (Å²) in [6.07, 6.45) is 1.44. The van der Waals surface area contributed by atoms with Crippen LogP contribution in [0.25, 0.3) is 6.08 Å². The Labute approximate surface area is 278 Å². The molecule has 2 heterocycles. The lowest BCUT2D eigenvalue weighted by Gasteiger charge is -2.25. The molecule has 0 unspecified atom stereocenters. The van der Waals surface area contributed by atoms with Gasteiger partial charge in [0.25, 0.3) is 17.2 Å². The molecular weight excluding hydrogens is 632 g/mol. The number of nitrogens with zero attached hydrogens (tertiary/aromatic N) is 3. The van der Waals surface area contributed by atoms with E-state index in [4.69, 9.17) is 14.2 Å². The molecule has 0 aliphatic carbocycles. The van der Waals surface area contributed by atoms with Gasteiger partial charge in [-0.2, -0.15) is 0 Å². The van der Waals surface area contributed by atoms with Crippen LogP contribution in [0.4, 0.5) is 11.4 Å². The van der Waals surface area contributed by atoms with E-state index in [0.717, 1.165) is 16.9 Å². The van der Waals surface area contributed by atoms with Crippen molar-refractivity contribution in [2.75, 3.05) is 19.5 Å². The van der Waals surface area contributed by atoms with Gasteiger partial charge in [0.15, 0.2) is 16.3 Å². The van der Waals surface area contributed by atoms with E-state index in [2.05, 4.69) is 10.3 Å². The maximum absolute atomic E-state index is 14.2. The van der Waals surface area contributed by atoms with E-state index in [-0.39, 0.29) is 39.5 Å². The first kappa shape index (κ1) is 32.0. The SMILES string of the molecule is COc1ccc([C@@H]2C(C(=O)Nc3ccccc3)=C(C)N=c3s/c(=C/c4cc(OC)c(OCc5ccccc5)cc4[N+](=O)[O-])c(=O)n32)cc1. The molecule has 242 valence electrons. The Morgan fingerprint density at radius 1 is 0.979 bits per heavy atom. The van der Waals surface area contributed by atoms with E-state index in [1.54, 1.807) is 50.4 Å². The number of ether oxygens (including phenoxy) is 3. The number of carbonyl (C=O) groups excluding carboxylic acids is 1. The lowest BCUT2D eigenvalue weighted by Crippen LogP contribution is -2.40. The van der Waals surface area contributed by atoms with Gasteiger partial charge in [0.1, 0.15) is 12.4 Å². The van der Waals surface area contributed by atoms with E-state index in [1.807, 2.05) is 48.5 Å².